The van der Waals surface area contributed by atoms with E-state index >= 15 is 0 Å². The van der Waals surface area contributed by atoms with E-state index in [0.717, 1.165) is 12.0 Å². The number of hydrogen-bond donors (Lipinski definition) is 1. The summed E-state index contributed by atoms with van der Waals surface area (Å²) in [5.41, 5.74) is 2.78. The number of rotatable bonds is 3. The van der Waals surface area contributed by atoms with Gasteiger partial charge in [0.25, 0.3) is 10.0 Å². The van der Waals surface area contributed by atoms with E-state index in [0.29, 0.717) is 23.4 Å². The van der Waals surface area contributed by atoms with Crippen LogP contribution in [-0.2, 0) is 28.3 Å². The van der Waals surface area contributed by atoms with Crippen LogP contribution in [0.3, 0.4) is 0 Å². The number of aryl methyl sites for hydroxylation is 1. The van der Waals surface area contributed by atoms with Gasteiger partial charge >= 0.3 is 5.76 Å². The van der Waals surface area contributed by atoms with Gasteiger partial charge in [0.2, 0.25) is 5.91 Å². The molecule has 0 atom stereocenters. The Morgan fingerprint density at radius 1 is 1.19 bits per heavy atom. The Bertz CT molecular complexity index is 1240. The molecule has 8 nitrogen and oxygen atoms in total. The van der Waals surface area contributed by atoms with Gasteiger partial charge < -0.3 is 9.32 Å². The zero-order valence-corrected chi connectivity index (χ0v) is 15.5. The fraction of sp³-hybridized carbons (Fsp3) is 0.222. The molecule has 0 saturated carbocycles. The van der Waals surface area contributed by atoms with Crippen molar-refractivity contribution in [1.82, 2.24) is 4.57 Å². The molecule has 2 heterocycles. The smallest absolute Gasteiger partial charge is 0.408 e. The minimum Gasteiger partial charge on any atom is -0.408 e. The Morgan fingerprint density at radius 3 is 2.70 bits per heavy atom. The Balaban J connectivity index is 1.69. The van der Waals surface area contributed by atoms with Crippen molar-refractivity contribution >= 4 is 38.4 Å². The molecule has 0 bridgehead atoms. The Labute approximate surface area is 155 Å². The number of carbonyl (C=O) groups is 1. The lowest BCUT2D eigenvalue weighted by Crippen LogP contribution is -2.25. The molecule has 0 radical (unpaired) electrons. The second-order valence-electron chi connectivity index (χ2n) is 6.43. The third kappa shape index (κ3) is 2.89. The molecule has 4 rings (SSSR count). The quantitative estimate of drug-likeness (QED) is 0.739. The van der Waals surface area contributed by atoms with Crippen LogP contribution in [0.4, 0.5) is 11.4 Å². The fourth-order valence-corrected chi connectivity index (χ4v) is 4.33. The number of benzene rings is 2. The van der Waals surface area contributed by atoms with E-state index in [2.05, 4.69) is 4.72 Å². The SMILES string of the molecule is CC(=O)N1CCc2ccc(NS(=O)(=O)c3ccc4c(c3)oc(=O)n4C)cc21. The van der Waals surface area contributed by atoms with E-state index in [4.69, 9.17) is 4.42 Å². The zero-order chi connectivity index (χ0) is 19.3. The highest BCUT2D eigenvalue weighted by Gasteiger charge is 2.24. The third-order valence-corrected chi connectivity index (χ3v) is 6.07. The van der Waals surface area contributed by atoms with Crippen LogP contribution in [0.2, 0.25) is 0 Å². The number of nitrogens with one attached hydrogen (secondary N) is 1. The summed E-state index contributed by atoms with van der Waals surface area (Å²) in [6.07, 6.45) is 0.742. The predicted octanol–water partition coefficient (Wildman–Crippen LogP) is 1.84. The first-order valence-corrected chi connectivity index (χ1v) is 9.78. The molecule has 1 aliphatic heterocycles. The summed E-state index contributed by atoms with van der Waals surface area (Å²) in [6.45, 7) is 2.07. The van der Waals surface area contributed by atoms with E-state index in [1.54, 1.807) is 24.1 Å². The summed E-state index contributed by atoms with van der Waals surface area (Å²) in [4.78, 5) is 24.9. The Hall–Kier alpha value is -3.07. The molecule has 0 saturated heterocycles. The topological polar surface area (TPSA) is 102 Å². The fourth-order valence-electron chi connectivity index (χ4n) is 3.27. The van der Waals surface area contributed by atoms with Gasteiger partial charge in [-0.2, -0.15) is 0 Å². The van der Waals surface area contributed by atoms with Crippen molar-refractivity contribution < 1.29 is 17.6 Å². The van der Waals surface area contributed by atoms with E-state index < -0.39 is 15.8 Å². The van der Waals surface area contributed by atoms with Crippen LogP contribution in [-0.4, -0.2) is 25.4 Å². The van der Waals surface area contributed by atoms with Gasteiger partial charge in [-0.05, 0) is 36.2 Å². The van der Waals surface area contributed by atoms with E-state index in [1.807, 2.05) is 6.07 Å². The van der Waals surface area contributed by atoms with E-state index in [1.165, 1.54) is 29.7 Å². The summed E-state index contributed by atoms with van der Waals surface area (Å²) in [5, 5.41) is 0. The van der Waals surface area contributed by atoms with Crippen LogP contribution in [0, 0.1) is 0 Å². The summed E-state index contributed by atoms with van der Waals surface area (Å²) in [6, 6.07) is 9.39. The second kappa shape index (κ2) is 5.98. The molecular weight excluding hydrogens is 370 g/mol. The van der Waals surface area contributed by atoms with Crippen LogP contribution >= 0.6 is 0 Å². The van der Waals surface area contributed by atoms with Gasteiger partial charge in [-0.15, -0.1) is 0 Å². The lowest BCUT2D eigenvalue weighted by Gasteiger charge is -2.16. The van der Waals surface area contributed by atoms with Crippen LogP contribution in [0.25, 0.3) is 11.1 Å². The maximum atomic E-state index is 12.7. The maximum absolute atomic E-state index is 12.7. The minimum atomic E-state index is -3.89. The minimum absolute atomic E-state index is 0.0201. The number of sulfonamides is 1. The highest BCUT2D eigenvalue weighted by Crippen LogP contribution is 2.32. The van der Waals surface area contributed by atoms with E-state index in [9.17, 15) is 18.0 Å². The summed E-state index contributed by atoms with van der Waals surface area (Å²) >= 11 is 0. The van der Waals surface area contributed by atoms with Crippen molar-refractivity contribution in [3.05, 3.63) is 52.5 Å². The predicted molar refractivity (Wildman–Crippen MR) is 100 cm³/mol. The monoisotopic (exact) mass is 387 g/mol. The number of amides is 1. The van der Waals surface area contributed by atoms with Crippen molar-refractivity contribution in [2.75, 3.05) is 16.2 Å². The van der Waals surface area contributed by atoms with Crippen molar-refractivity contribution in [3.63, 3.8) is 0 Å². The maximum Gasteiger partial charge on any atom is 0.419 e. The van der Waals surface area contributed by atoms with Crippen molar-refractivity contribution in [2.24, 2.45) is 7.05 Å². The van der Waals surface area contributed by atoms with Gasteiger partial charge in [0.05, 0.1) is 16.1 Å². The summed E-state index contributed by atoms with van der Waals surface area (Å²) in [7, 11) is -2.34. The van der Waals surface area contributed by atoms with Gasteiger partial charge in [0.15, 0.2) is 5.58 Å². The molecule has 9 heteroatoms. The normalized spacial score (nSPS) is 13.8. The lowest BCUT2D eigenvalue weighted by molar-refractivity contribution is -0.116. The van der Waals surface area contributed by atoms with Crippen molar-refractivity contribution in [3.8, 4) is 0 Å². The molecule has 3 aromatic rings. The van der Waals surface area contributed by atoms with Crippen LogP contribution in [0.15, 0.2) is 50.5 Å². The molecular formula is C18H17N3O5S. The molecule has 0 unspecified atom stereocenters. The molecule has 2 aromatic carbocycles. The average Bonchev–Trinajstić information content (AvgIpc) is 3.15. The van der Waals surface area contributed by atoms with Gasteiger partial charge in [-0.1, -0.05) is 6.07 Å². The first-order chi connectivity index (χ1) is 12.8. The largest absolute Gasteiger partial charge is 0.419 e. The molecule has 1 aromatic heterocycles. The van der Waals surface area contributed by atoms with Gasteiger partial charge in [0, 0.05) is 32.3 Å². The van der Waals surface area contributed by atoms with Gasteiger partial charge in [0.1, 0.15) is 0 Å². The zero-order valence-electron chi connectivity index (χ0n) is 14.7. The molecule has 140 valence electrons. The number of nitrogens with zero attached hydrogens (tertiary/aromatic N) is 2. The van der Waals surface area contributed by atoms with Crippen LogP contribution < -0.4 is 15.4 Å². The molecule has 0 aliphatic carbocycles. The van der Waals surface area contributed by atoms with Crippen LogP contribution in [0.1, 0.15) is 12.5 Å². The van der Waals surface area contributed by atoms with Gasteiger partial charge in [-0.25, -0.2) is 13.2 Å². The number of hydrogen-bond acceptors (Lipinski definition) is 5. The average molecular weight is 387 g/mol. The van der Waals surface area contributed by atoms with Crippen molar-refractivity contribution in [2.45, 2.75) is 18.2 Å². The highest BCUT2D eigenvalue weighted by molar-refractivity contribution is 7.92. The molecule has 0 spiro atoms. The first-order valence-electron chi connectivity index (χ1n) is 8.30. The molecule has 0 fully saturated rings. The molecule has 27 heavy (non-hydrogen) atoms. The third-order valence-electron chi connectivity index (χ3n) is 4.69. The number of carbonyl (C=O) groups excluding carboxylic acids is 1. The number of anilines is 2. The second-order valence-corrected chi connectivity index (χ2v) is 8.11. The Morgan fingerprint density at radius 2 is 1.96 bits per heavy atom. The highest BCUT2D eigenvalue weighted by atomic mass is 32.2. The van der Waals surface area contributed by atoms with E-state index in [-0.39, 0.29) is 16.4 Å². The number of oxazole rings is 1. The lowest BCUT2D eigenvalue weighted by atomic mass is 10.1. The first kappa shape index (κ1) is 17.3. The van der Waals surface area contributed by atoms with Gasteiger partial charge in [-0.3, -0.25) is 14.1 Å². The summed E-state index contributed by atoms with van der Waals surface area (Å²) in [5.74, 6) is -0.645. The molecule has 1 aliphatic rings. The Kier molecular flexibility index (Phi) is 3.84. The number of fused-ring (bicyclic) bond motifs is 2. The van der Waals surface area contributed by atoms with Crippen LogP contribution in [0.5, 0.6) is 0 Å². The standard InChI is InChI=1S/C18H17N3O5S/c1-11(22)21-8-7-12-3-4-13(9-16(12)21)19-27(24,25)14-5-6-15-17(10-14)26-18(23)20(15)2/h3-6,9-10,19H,7-8H2,1-2H3. The summed E-state index contributed by atoms with van der Waals surface area (Å²) < 4.78 is 34.3. The molecule has 1 amide bonds. The number of aromatic nitrogens is 1. The van der Waals surface area contributed by atoms with Crippen molar-refractivity contribution in [1.29, 1.82) is 0 Å². The molecule has 1 N–H and O–H groups in total.